The zero-order valence-corrected chi connectivity index (χ0v) is 36.1. The zero-order valence-electron chi connectivity index (χ0n) is 34.5. The van der Waals surface area contributed by atoms with E-state index in [1.54, 1.807) is 0 Å². The zero-order chi connectivity index (χ0) is 41.1. The number of fused-ring (bicyclic) bond motifs is 1. The number of unbranched alkanes of at least 4 members (excludes halogenated alkanes) is 18. The van der Waals surface area contributed by atoms with Crippen LogP contribution in [0, 0.1) is 0 Å². The highest BCUT2D eigenvalue weighted by molar-refractivity contribution is 7.86. The molecule has 1 fully saturated rings. The largest absolute Gasteiger partial charge is 0.453 e. The van der Waals surface area contributed by atoms with Gasteiger partial charge in [0, 0.05) is 24.3 Å². The van der Waals surface area contributed by atoms with Gasteiger partial charge in [-0.1, -0.05) is 135 Å². The third-order valence-corrected chi connectivity index (χ3v) is 12.3. The lowest BCUT2D eigenvalue weighted by Gasteiger charge is -2.48. The number of β-lactam (4-membered cyclic amide) rings is 1. The van der Waals surface area contributed by atoms with Gasteiger partial charge >= 0.3 is 5.97 Å². The number of carbonyl (C=O) groups excluding carboxylic acids is 4. The summed E-state index contributed by atoms with van der Waals surface area (Å²) in [6.45, 7) is 5.86. The Hall–Kier alpha value is -3.21. The minimum absolute atomic E-state index is 0.00771. The highest BCUT2D eigenvalue weighted by Gasteiger charge is 2.56. The number of thiazole rings is 1. The van der Waals surface area contributed by atoms with Crippen LogP contribution in [0.3, 0.4) is 0 Å². The number of ether oxygens (including phenoxy) is 3. The highest BCUT2D eigenvalue weighted by atomic mass is 32.2. The first-order chi connectivity index (χ1) is 27.9. The van der Waals surface area contributed by atoms with Crippen LogP contribution in [0.4, 0.5) is 5.13 Å². The molecule has 14 nitrogen and oxygen atoms in total. The van der Waals surface area contributed by atoms with Crippen molar-refractivity contribution in [2.24, 2.45) is 5.16 Å². The number of nitrogens with one attached hydrogen (secondary N) is 2. The molecule has 3 amide bonds. The van der Waals surface area contributed by atoms with E-state index in [1.165, 1.54) is 121 Å². The summed E-state index contributed by atoms with van der Waals surface area (Å²) in [5.41, 5.74) is -0.161. The predicted octanol–water partition coefficient (Wildman–Crippen LogP) is 7.15. The second-order valence-corrected chi connectivity index (χ2v) is 17.1. The van der Waals surface area contributed by atoms with E-state index in [2.05, 4.69) is 34.6 Å². The molecule has 2 N–H and O–H groups in total. The monoisotopic (exact) mass is 837 g/mol. The first-order valence-corrected chi connectivity index (χ1v) is 23.5. The van der Waals surface area contributed by atoms with Crippen LogP contribution in [0.2, 0.25) is 0 Å². The number of carbonyl (C=O) groups is 4. The van der Waals surface area contributed by atoms with Crippen molar-refractivity contribution in [2.45, 2.75) is 160 Å². The molecule has 1 aromatic rings. The van der Waals surface area contributed by atoms with E-state index in [-0.39, 0.29) is 41.2 Å². The van der Waals surface area contributed by atoms with Crippen LogP contribution in [0.25, 0.3) is 0 Å². The van der Waals surface area contributed by atoms with Crippen molar-refractivity contribution in [1.82, 2.24) is 15.2 Å². The molecule has 2 aliphatic heterocycles. The van der Waals surface area contributed by atoms with Gasteiger partial charge in [-0.3, -0.25) is 23.5 Å². The van der Waals surface area contributed by atoms with Crippen LogP contribution >= 0.6 is 11.3 Å². The first-order valence-electron chi connectivity index (χ1n) is 21.2. The standard InChI is InChI=1S/C41H67N5O9S2/c1-4-6-8-10-12-14-16-18-20-22-25-53-28-32(29-54-26-23-21-19-17-15-13-11-9-7-5-2)55-40(50)34-24-27-57(51)39-36(38(49)46(34)39)44-37(48)35(45-52-3)33-30-56-41(43-33)42-31-47/h24,30-32,36,39H,4-23,25-29H2,1-3H3,(H,44,48)(H,42,43,47)/t36?,39-,57?/m0/s1. The van der Waals surface area contributed by atoms with Crippen molar-refractivity contribution in [3.63, 3.8) is 0 Å². The molecule has 1 saturated heterocycles. The number of hydrogen-bond acceptors (Lipinski definition) is 12. The maximum Gasteiger partial charge on any atom is 0.355 e. The molecule has 16 heteroatoms. The van der Waals surface area contributed by atoms with E-state index < -0.39 is 46.1 Å². The van der Waals surface area contributed by atoms with Gasteiger partial charge in [-0.05, 0) is 18.9 Å². The van der Waals surface area contributed by atoms with Crippen molar-refractivity contribution in [1.29, 1.82) is 0 Å². The van der Waals surface area contributed by atoms with Gasteiger partial charge < -0.3 is 29.7 Å². The second kappa shape index (κ2) is 29.1. The van der Waals surface area contributed by atoms with Gasteiger partial charge in [-0.2, -0.15) is 0 Å². The van der Waals surface area contributed by atoms with E-state index in [4.69, 9.17) is 19.0 Å². The quantitative estimate of drug-likeness (QED) is 0.0181. The molecule has 3 atom stereocenters. The van der Waals surface area contributed by atoms with E-state index in [0.29, 0.717) is 19.6 Å². The molecule has 0 aromatic carbocycles. The summed E-state index contributed by atoms with van der Waals surface area (Å²) in [6, 6.07) is -1.19. The number of amides is 3. The van der Waals surface area contributed by atoms with Gasteiger partial charge in [0.05, 0.1) is 24.0 Å². The van der Waals surface area contributed by atoms with Crippen molar-refractivity contribution in [2.75, 3.05) is 44.6 Å². The maximum absolute atomic E-state index is 13.6. The molecular weight excluding hydrogens is 771 g/mol. The first kappa shape index (κ1) is 48.2. The van der Waals surface area contributed by atoms with Crippen LogP contribution < -0.4 is 10.6 Å². The molecule has 2 aliphatic rings. The third kappa shape index (κ3) is 17.3. The van der Waals surface area contributed by atoms with Gasteiger partial charge in [0.25, 0.3) is 11.8 Å². The molecule has 0 radical (unpaired) electrons. The molecule has 0 saturated carbocycles. The number of rotatable bonds is 34. The smallest absolute Gasteiger partial charge is 0.355 e. The SMILES string of the molecule is CCCCCCCCCCCCOCC(COCCCCCCCCCCCC)OC(=O)C1=CCS(=O)[C@H]2C(NC(=O)C(=NOC)c3csc(NC=O)n3)C(=O)N12. The summed E-state index contributed by atoms with van der Waals surface area (Å²) >= 11 is 1.07. The average Bonchev–Trinajstić information content (AvgIpc) is 3.67. The van der Waals surface area contributed by atoms with Crippen LogP contribution in [-0.2, 0) is 49.0 Å². The highest BCUT2D eigenvalue weighted by Crippen LogP contribution is 2.33. The molecule has 0 spiro atoms. The molecular formula is C41H67N5O9S2. The van der Waals surface area contributed by atoms with Gasteiger partial charge in [-0.25, -0.2) is 9.78 Å². The van der Waals surface area contributed by atoms with E-state index in [9.17, 15) is 23.4 Å². The molecule has 3 heterocycles. The number of esters is 1. The third-order valence-electron chi connectivity index (χ3n) is 10.0. The lowest BCUT2D eigenvalue weighted by atomic mass is 10.0. The van der Waals surface area contributed by atoms with Gasteiger partial charge in [0.15, 0.2) is 10.8 Å². The Balaban J connectivity index is 1.51. The molecule has 1 aromatic heterocycles. The molecule has 57 heavy (non-hydrogen) atoms. The minimum Gasteiger partial charge on any atom is -0.453 e. The molecule has 3 rings (SSSR count). The molecule has 0 bridgehead atoms. The Bertz CT molecular complexity index is 1410. The van der Waals surface area contributed by atoms with Crippen LogP contribution in [0.1, 0.15) is 148 Å². The Morgan fingerprint density at radius 2 is 1.42 bits per heavy atom. The topological polar surface area (TPSA) is 175 Å². The average molecular weight is 838 g/mol. The molecule has 0 aliphatic carbocycles. The van der Waals surface area contributed by atoms with Crippen molar-refractivity contribution in [3.05, 3.63) is 22.8 Å². The van der Waals surface area contributed by atoms with E-state index in [0.717, 1.165) is 41.9 Å². The van der Waals surface area contributed by atoms with Gasteiger partial charge in [0.1, 0.15) is 36.0 Å². The van der Waals surface area contributed by atoms with Gasteiger partial charge in [-0.15, -0.1) is 11.3 Å². The summed E-state index contributed by atoms with van der Waals surface area (Å²) in [5, 5.41) is 9.47. The fourth-order valence-corrected chi connectivity index (χ4v) is 8.92. The van der Waals surface area contributed by atoms with E-state index in [1.807, 2.05) is 0 Å². The number of hydrogen-bond donors (Lipinski definition) is 2. The summed E-state index contributed by atoms with van der Waals surface area (Å²) < 4.78 is 30.9. The normalized spacial score (nSPS) is 17.9. The predicted molar refractivity (Wildman–Crippen MR) is 224 cm³/mol. The minimum atomic E-state index is -1.61. The van der Waals surface area contributed by atoms with Crippen LogP contribution in [-0.4, -0.2) is 101 Å². The van der Waals surface area contributed by atoms with Crippen molar-refractivity contribution in [3.8, 4) is 0 Å². The Morgan fingerprint density at radius 1 is 0.895 bits per heavy atom. The van der Waals surface area contributed by atoms with E-state index >= 15 is 0 Å². The number of oxime groups is 1. The van der Waals surface area contributed by atoms with Crippen LogP contribution in [0.5, 0.6) is 0 Å². The molecule has 2 unspecified atom stereocenters. The summed E-state index contributed by atoms with van der Waals surface area (Å²) in [5.74, 6) is -2.17. The fraction of sp³-hybridized carbons (Fsp3) is 0.756. The molecule has 322 valence electrons. The fourth-order valence-electron chi connectivity index (χ4n) is 6.81. The maximum atomic E-state index is 13.6. The Labute approximate surface area is 346 Å². The van der Waals surface area contributed by atoms with Crippen LogP contribution in [0.15, 0.2) is 22.3 Å². The number of anilines is 1. The lowest BCUT2D eigenvalue weighted by molar-refractivity contribution is -0.159. The summed E-state index contributed by atoms with van der Waals surface area (Å²) in [7, 11) is -0.359. The number of aromatic nitrogens is 1. The summed E-state index contributed by atoms with van der Waals surface area (Å²) in [6.07, 6.45) is 25.6. The number of nitrogens with zero attached hydrogens (tertiary/aromatic N) is 3. The lowest BCUT2D eigenvalue weighted by Crippen LogP contribution is -2.73. The van der Waals surface area contributed by atoms with Crippen molar-refractivity contribution >= 4 is 57.2 Å². The van der Waals surface area contributed by atoms with Gasteiger partial charge in [0.2, 0.25) is 6.41 Å². The van der Waals surface area contributed by atoms with Crippen molar-refractivity contribution < 1.29 is 42.4 Å². The Morgan fingerprint density at radius 3 is 1.93 bits per heavy atom. The summed E-state index contributed by atoms with van der Waals surface area (Å²) in [4.78, 5) is 61.2. The second-order valence-electron chi connectivity index (χ2n) is 14.7. The Kier molecular flexibility index (Phi) is 24.6.